The summed E-state index contributed by atoms with van der Waals surface area (Å²) in [6.45, 7) is 7.64. The van der Waals surface area contributed by atoms with Crippen molar-refractivity contribution in [3.63, 3.8) is 0 Å². The summed E-state index contributed by atoms with van der Waals surface area (Å²) in [6, 6.07) is 0. The molecule has 1 N–H and O–H groups in total. The van der Waals surface area contributed by atoms with Gasteiger partial charge in [0.05, 0.1) is 0 Å². The number of nitrogens with zero attached hydrogens (tertiary/aromatic N) is 1. The number of ether oxygens (including phenoxy) is 1. The van der Waals surface area contributed by atoms with Gasteiger partial charge >= 0.3 is 6.09 Å². The van der Waals surface area contributed by atoms with Crippen LogP contribution < -0.4 is 5.32 Å². The van der Waals surface area contributed by atoms with Gasteiger partial charge in [0.15, 0.2) is 0 Å². The summed E-state index contributed by atoms with van der Waals surface area (Å²) in [5, 5.41) is 3.04. The summed E-state index contributed by atoms with van der Waals surface area (Å²) in [5.74, 6) is 0.774. The highest BCUT2D eigenvalue weighted by Gasteiger charge is 2.34. The average Bonchev–Trinajstić information content (AvgIpc) is 2.35. The Balaban J connectivity index is 1.62. The van der Waals surface area contributed by atoms with Crippen molar-refractivity contribution in [3.8, 4) is 0 Å². The number of likely N-dealkylation sites (tertiary alicyclic amines) is 1. The van der Waals surface area contributed by atoms with Crippen LogP contribution in [0.5, 0.6) is 0 Å². The van der Waals surface area contributed by atoms with Crippen molar-refractivity contribution in [3.05, 3.63) is 0 Å². The maximum atomic E-state index is 12.0. The van der Waals surface area contributed by atoms with E-state index in [9.17, 15) is 9.59 Å². The third-order valence-corrected chi connectivity index (χ3v) is 4.15. The van der Waals surface area contributed by atoms with Gasteiger partial charge in [0, 0.05) is 31.5 Å². The monoisotopic (exact) mass is 296 g/mol. The standard InChI is InChI=1S/C16H28N2O3/c1-16(2,3)21-15(20)18-10-12(11-18)9-17-14(19)13-7-5-4-6-8-13/h12-13H,4-11H2,1-3H3,(H,17,19). The summed E-state index contributed by atoms with van der Waals surface area (Å²) in [7, 11) is 0. The molecule has 0 aromatic rings. The van der Waals surface area contributed by atoms with Gasteiger partial charge in [0.2, 0.25) is 5.91 Å². The molecule has 5 nitrogen and oxygen atoms in total. The SMILES string of the molecule is CC(C)(C)OC(=O)N1CC(CNC(=O)C2CCCCC2)C1. The van der Waals surface area contributed by atoms with E-state index in [-0.39, 0.29) is 17.9 Å². The highest BCUT2D eigenvalue weighted by molar-refractivity contribution is 5.78. The fourth-order valence-electron chi connectivity index (χ4n) is 2.93. The first-order valence-corrected chi connectivity index (χ1v) is 8.11. The van der Waals surface area contributed by atoms with E-state index in [1.807, 2.05) is 20.8 Å². The van der Waals surface area contributed by atoms with Crippen molar-refractivity contribution in [1.82, 2.24) is 10.2 Å². The molecule has 1 saturated heterocycles. The number of hydrogen-bond donors (Lipinski definition) is 1. The van der Waals surface area contributed by atoms with Crippen molar-refractivity contribution in [1.29, 1.82) is 0 Å². The van der Waals surface area contributed by atoms with Crippen LogP contribution in [0.4, 0.5) is 4.79 Å². The number of amides is 2. The molecule has 120 valence electrons. The number of carbonyl (C=O) groups excluding carboxylic acids is 2. The van der Waals surface area contributed by atoms with Crippen molar-refractivity contribution in [2.75, 3.05) is 19.6 Å². The van der Waals surface area contributed by atoms with Crippen LogP contribution in [0.1, 0.15) is 52.9 Å². The number of nitrogens with one attached hydrogen (secondary N) is 1. The van der Waals surface area contributed by atoms with Gasteiger partial charge in [-0.05, 0) is 33.6 Å². The molecule has 1 aliphatic carbocycles. The first kappa shape index (κ1) is 16.1. The second-order valence-corrected chi connectivity index (χ2v) is 7.33. The van der Waals surface area contributed by atoms with Crippen molar-refractivity contribution < 1.29 is 14.3 Å². The molecule has 0 radical (unpaired) electrons. The van der Waals surface area contributed by atoms with E-state index >= 15 is 0 Å². The molecular weight excluding hydrogens is 268 g/mol. The van der Waals surface area contributed by atoms with E-state index < -0.39 is 5.60 Å². The molecule has 0 atom stereocenters. The Morgan fingerprint density at radius 1 is 1.14 bits per heavy atom. The number of rotatable bonds is 3. The van der Waals surface area contributed by atoms with Crippen molar-refractivity contribution in [2.24, 2.45) is 11.8 Å². The summed E-state index contributed by atoms with van der Waals surface area (Å²) in [6.07, 6.45) is 5.41. The molecule has 0 aromatic heterocycles. The molecule has 5 heteroatoms. The minimum atomic E-state index is -0.447. The molecule has 1 saturated carbocycles. The fourth-order valence-corrected chi connectivity index (χ4v) is 2.93. The van der Waals surface area contributed by atoms with Crippen molar-refractivity contribution in [2.45, 2.75) is 58.5 Å². The molecule has 2 rings (SSSR count). The fraction of sp³-hybridized carbons (Fsp3) is 0.875. The van der Waals surface area contributed by atoms with Gasteiger partial charge in [-0.2, -0.15) is 0 Å². The molecule has 1 heterocycles. The van der Waals surface area contributed by atoms with E-state index in [1.165, 1.54) is 19.3 Å². The van der Waals surface area contributed by atoms with Gasteiger partial charge in [-0.15, -0.1) is 0 Å². The highest BCUT2D eigenvalue weighted by Crippen LogP contribution is 2.24. The Bertz CT molecular complexity index is 377. The van der Waals surface area contributed by atoms with E-state index in [0.29, 0.717) is 25.6 Å². The normalized spacial score (nSPS) is 20.8. The maximum absolute atomic E-state index is 12.0. The summed E-state index contributed by atoms with van der Waals surface area (Å²) in [5.41, 5.74) is -0.447. The van der Waals surface area contributed by atoms with Crippen LogP contribution >= 0.6 is 0 Å². The largest absolute Gasteiger partial charge is 0.444 e. The molecule has 0 bridgehead atoms. The minimum Gasteiger partial charge on any atom is -0.444 e. The summed E-state index contributed by atoms with van der Waals surface area (Å²) < 4.78 is 5.31. The lowest BCUT2D eigenvalue weighted by Crippen LogP contribution is -2.55. The summed E-state index contributed by atoms with van der Waals surface area (Å²) >= 11 is 0. The molecule has 0 unspecified atom stereocenters. The van der Waals surface area contributed by atoms with Crippen LogP contribution in [0, 0.1) is 11.8 Å². The molecular formula is C16H28N2O3. The first-order valence-electron chi connectivity index (χ1n) is 8.11. The van der Waals surface area contributed by atoms with Crippen LogP contribution in [0.2, 0.25) is 0 Å². The third kappa shape index (κ3) is 4.90. The van der Waals surface area contributed by atoms with Crippen LogP contribution in [-0.2, 0) is 9.53 Å². The molecule has 0 aromatic carbocycles. The Kier molecular flexibility index (Phi) is 5.12. The lowest BCUT2D eigenvalue weighted by molar-refractivity contribution is -0.126. The molecule has 21 heavy (non-hydrogen) atoms. The Hall–Kier alpha value is -1.26. The second kappa shape index (κ2) is 6.67. The van der Waals surface area contributed by atoms with E-state index in [4.69, 9.17) is 4.74 Å². The molecule has 2 fully saturated rings. The van der Waals surface area contributed by atoms with Gasteiger partial charge in [-0.3, -0.25) is 4.79 Å². The van der Waals surface area contributed by atoms with Crippen LogP contribution in [0.25, 0.3) is 0 Å². The predicted octanol–water partition coefficient (Wildman–Crippen LogP) is 2.55. The molecule has 1 aliphatic heterocycles. The minimum absolute atomic E-state index is 0.199. The van der Waals surface area contributed by atoms with Crippen molar-refractivity contribution >= 4 is 12.0 Å². The number of carbonyl (C=O) groups is 2. The molecule has 2 amide bonds. The molecule has 0 spiro atoms. The zero-order valence-corrected chi connectivity index (χ0v) is 13.5. The Labute approximate surface area is 127 Å². The van der Waals surface area contributed by atoms with E-state index in [0.717, 1.165) is 12.8 Å². The van der Waals surface area contributed by atoms with Crippen LogP contribution in [0.15, 0.2) is 0 Å². The summed E-state index contributed by atoms with van der Waals surface area (Å²) in [4.78, 5) is 25.5. The topological polar surface area (TPSA) is 58.6 Å². The zero-order valence-electron chi connectivity index (χ0n) is 13.5. The lowest BCUT2D eigenvalue weighted by Gasteiger charge is -2.40. The van der Waals surface area contributed by atoms with Gasteiger partial charge in [0.1, 0.15) is 5.60 Å². The van der Waals surface area contributed by atoms with Gasteiger partial charge in [-0.1, -0.05) is 19.3 Å². The second-order valence-electron chi connectivity index (χ2n) is 7.33. The zero-order chi connectivity index (χ0) is 15.5. The molecule has 2 aliphatic rings. The predicted molar refractivity (Wildman–Crippen MR) is 80.9 cm³/mol. The van der Waals surface area contributed by atoms with Gasteiger partial charge < -0.3 is 15.0 Å². The maximum Gasteiger partial charge on any atom is 0.410 e. The number of hydrogen-bond acceptors (Lipinski definition) is 3. The lowest BCUT2D eigenvalue weighted by atomic mass is 9.88. The third-order valence-electron chi connectivity index (χ3n) is 4.15. The average molecular weight is 296 g/mol. The van der Waals surface area contributed by atoms with Gasteiger partial charge in [0.25, 0.3) is 0 Å². The quantitative estimate of drug-likeness (QED) is 0.870. The Morgan fingerprint density at radius 3 is 2.33 bits per heavy atom. The van der Waals surface area contributed by atoms with E-state index in [1.54, 1.807) is 4.90 Å². The van der Waals surface area contributed by atoms with Crippen LogP contribution in [0.3, 0.4) is 0 Å². The smallest absolute Gasteiger partial charge is 0.410 e. The Morgan fingerprint density at radius 2 is 1.76 bits per heavy atom. The van der Waals surface area contributed by atoms with Gasteiger partial charge in [-0.25, -0.2) is 4.79 Å². The van der Waals surface area contributed by atoms with Crippen LogP contribution in [-0.4, -0.2) is 42.1 Å². The highest BCUT2D eigenvalue weighted by atomic mass is 16.6. The first-order chi connectivity index (χ1) is 9.85. The van der Waals surface area contributed by atoms with E-state index in [2.05, 4.69) is 5.32 Å².